The minimum Gasteiger partial charge on any atom is -0.490 e. The maximum absolute atomic E-state index is 14.6. The second kappa shape index (κ2) is 13.7. The molecule has 270 valence electrons. The Morgan fingerprint density at radius 2 is 2.00 bits per heavy atom. The van der Waals surface area contributed by atoms with Crippen LogP contribution in [0.4, 0.5) is 5.69 Å². The Kier molecular flexibility index (Phi) is 9.30. The van der Waals surface area contributed by atoms with Gasteiger partial charge in [0.05, 0.1) is 29.7 Å². The monoisotopic (exact) mass is 730 g/mol. The molecule has 2 bridgehead atoms. The molecule has 3 heterocycles. The van der Waals surface area contributed by atoms with E-state index < -0.39 is 21.7 Å². The summed E-state index contributed by atoms with van der Waals surface area (Å²) in [6.07, 6.45) is 15.8. The predicted molar refractivity (Wildman–Crippen MR) is 200 cm³/mol. The fourth-order valence-corrected chi connectivity index (χ4v) is 10.8. The van der Waals surface area contributed by atoms with Gasteiger partial charge in [-0.1, -0.05) is 36.7 Å². The molecule has 11 heteroatoms. The lowest BCUT2D eigenvalue weighted by Crippen LogP contribution is -2.49. The zero-order chi connectivity index (χ0) is 35.3. The maximum atomic E-state index is 14.6. The average molecular weight is 731 g/mol. The highest BCUT2D eigenvalue weighted by Crippen LogP contribution is 2.47. The number of carbonyl (C=O) groups is 2. The van der Waals surface area contributed by atoms with E-state index in [4.69, 9.17) is 21.1 Å². The third-order valence-electron chi connectivity index (χ3n) is 11.7. The van der Waals surface area contributed by atoms with E-state index in [1.165, 1.54) is 11.1 Å². The zero-order valence-corrected chi connectivity index (χ0v) is 31.0. The molecule has 2 fully saturated rings. The molecule has 9 nitrogen and oxygen atoms in total. The molecule has 1 aromatic heterocycles. The number of anilines is 1. The number of nitrogens with zero attached hydrogens (tertiary/aromatic N) is 3. The summed E-state index contributed by atoms with van der Waals surface area (Å²) in [5.74, 6) is 0.261. The summed E-state index contributed by atoms with van der Waals surface area (Å²) < 4.78 is 36.3. The second-order valence-corrected chi connectivity index (χ2v) is 17.9. The first-order chi connectivity index (χ1) is 24.6. The van der Waals surface area contributed by atoms with Gasteiger partial charge in [-0.15, -0.1) is 4.36 Å². The normalized spacial score (nSPS) is 31.3. The lowest BCUT2D eigenvalue weighted by molar-refractivity contribution is 0.0131. The molecule has 3 aromatic rings. The van der Waals surface area contributed by atoms with Crippen molar-refractivity contribution in [2.24, 2.45) is 22.1 Å². The van der Waals surface area contributed by atoms with E-state index in [0.29, 0.717) is 47.8 Å². The van der Waals surface area contributed by atoms with Gasteiger partial charge < -0.3 is 18.9 Å². The van der Waals surface area contributed by atoms with Crippen molar-refractivity contribution in [2.45, 2.75) is 75.9 Å². The van der Waals surface area contributed by atoms with Gasteiger partial charge in [0.25, 0.3) is 11.8 Å². The van der Waals surface area contributed by atoms with E-state index >= 15 is 0 Å². The van der Waals surface area contributed by atoms with E-state index in [1.54, 1.807) is 25.4 Å². The molecule has 51 heavy (non-hydrogen) atoms. The van der Waals surface area contributed by atoms with Gasteiger partial charge >= 0.3 is 0 Å². The molecule has 0 unspecified atom stereocenters. The van der Waals surface area contributed by atoms with Gasteiger partial charge in [0.2, 0.25) is 0 Å². The number of methoxy groups -OCH3 is 1. The molecule has 0 radical (unpaired) electrons. The van der Waals surface area contributed by atoms with Crippen LogP contribution in [-0.4, -0.2) is 59.3 Å². The summed E-state index contributed by atoms with van der Waals surface area (Å²) in [5, 5.41) is 0.746. The van der Waals surface area contributed by atoms with Gasteiger partial charge in [-0.25, -0.2) is 4.21 Å². The highest BCUT2D eigenvalue weighted by molar-refractivity contribution is 7.92. The largest absolute Gasteiger partial charge is 0.490 e. The molecule has 2 aromatic carbocycles. The number of rotatable bonds is 4. The molecule has 6 atom stereocenters. The van der Waals surface area contributed by atoms with Crippen LogP contribution in [0.3, 0.4) is 0 Å². The van der Waals surface area contributed by atoms with Crippen molar-refractivity contribution in [3.8, 4) is 5.75 Å². The summed E-state index contributed by atoms with van der Waals surface area (Å²) in [7, 11) is -1.72. The number of ether oxygens (including phenoxy) is 2. The number of amides is 2. The Bertz CT molecular complexity index is 2000. The van der Waals surface area contributed by atoms with Crippen LogP contribution in [0.15, 0.2) is 71.4 Å². The topological polar surface area (TPSA) is 102 Å². The Hall–Kier alpha value is -3.60. The van der Waals surface area contributed by atoms with Crippen molar-refractivity contribution in [2.75, 3.05) is 37.5 Å². The molecule has 1 spiro atoms. The minimum atomic E-state index is -3.49. The highest BCUT2D eigenvalue weighted by Gasteiger charge is 2.44. The molecule has 3 aliphatic carbocycles. The zero-order valence-electron chi connectivity index (χ0n) is 29.4. The fraction of sp³-hybridized carbons (Fsp3) is 0.500. The molecule has 1 N–H and O–H groups in total. The van der Waals surface area contributed by atoms with Crippen molar-refractivity contribution < 1.29 is 23.3 Å². The number of hydrogen-bond donors (Lipinski definition) is 1. The van der Waals surface area contributed by atoms with Gasteiger partial charge in [0.1, 0.15) is 15.7 Å². The second-order valence-electron chi connectivity index (χ2n) is 15.5. The van der Waals surface area contributed by atoms with Crippen LogP contribution in [0.1, 0.15) is 89.8 Å². The highest BCUT2D eigenvalue weighted by atomic mass is 35.5. The summed E-state index contributed by atoms with van der Waals surface area (Å²) in [6.45, 7) is 4.00. The Morgan fingerprint density at radius 3 is 2.78 bits per heavy atom. The summed E-state index contributed by atoms with van der Waals surface area (Å²) in [4.78, 5) is 29.9. The lowest BCUT2D eigenvalue weighted by Gasteiger charge is -2.46. The Morgan fingerprint density at radius 1 is 1.14 bits per heavy atom. The first kappa shape index (κ1) is 34.5. The molecule has 2 aliphatic heterocycles. The number of fused-ring (bicyclic) bond motifs is 4. The van der Waals surface area contributed by atoms with Crippen LogP contribution in [0, 0.1) is 17.8 Å². The third kappa shape index (κ3) is 6.99. The van der Waals surface area contributed by atoms with Crippen LogP contribution >= 0.6 is 11.6 Å². The number of carbonyl (C=O) groups excluding carboxylic acids is 2. The van der Waals surface area contributed by atoms with Crippen molar-refractivity contribution in [1.29, 1.82) is 0 Å². The average Bonchev–Trinajstić information content (AvgIpc) is 3.85. The van der Waals surface area contributed by atoms with Gasteiger partial charge in [-0.05, 0) is 117 Å². The van der Waals surface area contributed by atoms with Crippen molar-refractivity contribution >= 4 is 39.0 Å². The SMILES string of the molecule is CO[C@H]1/C=C/C[C@H](C)C[S@@](=O)(NC(=O)c2ccn(C3CC3)c2)=NC(=O)c2ccc3c(c2)N(C[C@@H]2CC[C@H]21)C[C@@]1(CCCc2cc(Cl)ccc21)CO3. The Balaban J connectivity index is 1.18. The first-order valence-corrected chi connectivity index (χ1v) is 20.5. The molecular weight excluding hydrogens is 684 g/mol. The van der Waals surface area contributed by atoms with Crippen LogP contribution in [0.25, 0.3) is 0 Å². The van der Waals surface area contributed by atoms with E-state index in [1.807, 2.05) is 35.9 Å². The van der Waals surface area contributed by atoms with Gasteiger partial charge in [0.15, 0.2) is 0 Å². The minimum absolute atomic E-state index is 0.0357. The van der Waals surface area contributed by atoms with E-state index in [2.05, 4.69) is 38.3 Å². The van der Waals surface area contributed by atoms with E-state index in [0.717, 1.165) is 68.7 Å². The number of nitrogens with one attached hydrogen (secondary N) is 1. The van der Waals surface area contributed by atoms with Gasteiger partial charge in [0, 0.05) is 54.6 Å². The van der Waals surface area contributed by atoms with Crippen LogP contribution < -0.4 is 14.4 Å². The molecule has 5 aliphatic rings. The molecule has 8 rings (SSSR count). The Labute approximate surface area is 306 Å². The van der Waals surface area contributed by atoms with Crippen molar-refractivity contribution in [3.63, 3.8) is 0 Å². The maximum Gasteiger partial charge on any atom is 0.286 e. The fourth-order valence-electron chi connectivity index (χ4n) is 8.72. The van der Waals surface area contributed by atoms with E-state index in [-0.39, 0.29) is 23.2 Å². The van der Waals surface area contributed by atoms with Gasteiger partial charge in [-0.3, -0.25) is 14.3 Å². The number of benzene rings is 2. The van der Waals surface area contributed by atoms with Crippen LogP contribution in [0.2, 0.25) is 5.02 Å². The number of hydrogen-bond acceptors (Lipinski definition) is 6. The smallest absolute Gasteiger partial charge is 0.286 e. The molecular formula is C40H47ClN4O5S. The molecule has 2 amide bonds. The first-order valence-electron chi connectivity index (χ1n) is 18.4. The summed E-state index contributed by atoms with van der Waals surface area (Å²) in [5.41, 5.74) is 3.86. The van der Waals surface area contributed by atoms with Crippen LogP contribution in [-0.2, 0) is 26.5 Å². The molecule has 0 saturated heterocycles. The number of halogens is 1. The summed E-state index contributed by atoms with van der Waals surface area (Å²) in [6, 6.07) is 13.8. The number of aromatic nitrogens is 1. The quantitative estimate of drug-likeness (QED) is 0.279. The summed E-state index contributed by atoms with van der Waals surface area (Å²) >= 11 is 6.46. The van der Waals surface area contributed by atoms with Crippen LogP contribution in [0.5, 0.6) is 5.75 Å². The predicted octanol–water partition coefficient (Wildman–Crippen LogP) is 7.54. The van der Waals surface area contributed by atoms with E-state index in [9.17, 15) is 13.8 Å². The number of aryl methyl sites for hydroxylation is 1. The molecule has 2 saturated carbocycles. The van der Waals surface area contributed by atoms with Crippen molar-refractivity contribution in [1.82, 2.24) is 9.29 Å². The van der Waals surface area contributed by atoms with Gasteiger partial charge in [-0.2, -0.15) is 0 Å². The number of allylic oxidation sites excluding steroid dienone is 1. The third-order valence-corrected chi connectivity index (χ3v) is 13.9. The standard InChI is InChI=1S/C40H47ClN4O5S/c1-26-5-3-7-36(49-2)33-13-8-29(33)21-45-24-40(17-4-6-27-19-31(41)10-14-34(27)40)25-50-37-15-9-28(20-35(37)45)38(46)42-51(48,23-26)43-39(47)30-16-18-44(22-30)32-11-12-32/h3,7,9-10,14-16,18-20,22,26,29,32-33,36H,4-6,8,11-13,17,21,23-25H2,1-2H3,(H,42,43,46,47,48)/b7-3+/t26-,29-,33+,36-,40-,51-/m0/s1. The van der Waals surface area contributed by atoms with Crippen molar-refractivity contribution in [3.05, 3.63) is 94.3 Å². The lowest BCUT2D eigenvalue weighted by atomic mass is 9.68.